The first-order valence-electron chi connectivity index (χ1n) is 8.10. The van der Waals surface area contributed by atoms with E-state index in [9.17, 15) is 4.79 Å². The summed E-state index contributed by atoms with van der Waals surface area (Å²) in [6.45, 7) is 1.48. The van der Waals surface area contributed by atoms with Gasteiger partial charge in [0.1, 0.15) is 10.7 Å². The lowest BCUT2D eigenvalue weighted by molar-refractivity contribution is 0.0668. The summed E-state index contributed by atoms with van der Waals surface area (Å²) < 4.78 is 1.95. The van der Waals surface area contributed by atoms with Gasteiger partial charge in [0.25, 0.3) is 5.91 Å². The molecule has 4 rings (SSSR count). The van der Waals surface area contributed by atoms with E-state index in [-0.39, 0.29) is 11.9 Å². The molecule has 3 aromatic rings. The zero-order valence-corrected chi connectivity index (χ0v) is 14.0. The SMILES string of the molecule is O=C(c1csc(-c2ccccc2)n1)N1CCC[C@@H](n2cccn2)C1. The molecular formula is C18H18N4OS. The molecule has 1 amide bonds. The topological polar surface area (TPSA) is 51.0 Å². The lowest BCUT2D eigenvalue weighted by Crippen LogP contribution is -2.41. The number of amides is 1. The molecule has 5 nitrogen and oxygen atoms in total. The maximum atomic E-state index is 12.8. The van der Waals surface area contributed by atoms with Crippen LogP contribution >= 0.6 is 11.3 Å². The van der Waals surface area contributed by atoms with E-state index in [1.54, 1.807) is 6.20 Å². The number of nitrogens with zero attached hydrogens (tertiary/aromatic N) is 4. The monoisotopic (exact) mass is 338 g/mol. The van der Waals surface area contributed by atoms with E-state index < -0.39 is 0 Å². The molecule has 6 heteroatoms. The highest BCUT2D eigenvalue weighted by atomic mass is 32.1. The Morgan fingerprint density at radius 1 is 1.21 bits per heavy atom. The first-order valence-corrected chi connectivity index (χ1v) is 8.98. The Morgan fingerprint density at radius 2 is 2.08 bits per heavy atom. The number of thiazole rings is 1. The van der Waals surface area contributed by atoms with Gasteiger partial charge in [0.2, 0.25) is 0 Å². The quantitative estimate of drug-likeness (QED) is 0.734. The van der Waals surface area contributed by atoms with Gasteiger partial charge in [-0.05, 0) is 18.9 Å². The van der Waals surface area contributed by atoms with Crippen LogP contribution in [0.25, 0.3) is 10.6 Å². The second-order valence-electron chi connectivity index (χ2n) is 5.94. The molecule has 0 saturated carbocycles. The molecular weight excluding hydrogens is 320 g/mol. The van der Waals surface area contributed by atoms with Crippen LogP contribution in [0.3, 0.4) is 0 Å². The molecule has 0 radical (unpaired) electrons. The third kappa shape index (κ3) is 2.97. The van der Waals surface area contributed by atoms with Crippen LogP contribution in [-0.2, 0) is 0 Å². The van der Waals surface area contributed by atoms with Crippen LogP contribution in [0, 0.1) is 0 Å². The van der Waals surface area contributed by atoms with E-state index >= 15 is 0 Å². The zero-order chi connectivity index (χ0) is 16.4. The fourth-order valence-corrected chi connectivity index (χ4v) is 3.90. The van der Waals surface area contributed by atoms with Crippen LogP contribution in [0.1, 0.15) is 29.4 Å². The number of piperidine rings is 1. The van der Waals surface area contributed by atoms with E-state index in [1.807, 2.05) is 57.6 Å². The molecule has 1 saturated heterocycles. The average Bonchev–Trinajstić information content (AvgIpc) is 3.34. The van der Waals surface area contributed by atoms with E-state index in [1.165, 1.54) is 11.3 Å². The summed E-state index contributed by atoms with van der Waals surface area (Å²) >= 11 is 1.52. The zero-order valence-electron chi connectivity index (χ0n) is 13.2. The van der Waals surface area contributed by atoms with Gasteiger partial charge in [-0.1, -0.05) is 30.3 Å². The lowest BCUT2D eigenvalue weighted by atomic mass is 10.1. The highest BCUT2D eigenvalue weighted by molar-refractivity contribution is 7.13. The standard InChI is InChI=1S/C18H18N4OS/c23-18(16-13-24-17(20-16)14-6-2-1-3-7-14)21-10-4-8-15(12-21)22-11-5-9-19-22/h1-3,5-7,9,11,13,15H,4,8,10,12H2/t15-/m1/s1. The van der Waals surface area contributed by atoms with Gasteiger partial charge in [0, 0.05) is 36.4 Å². The summed E-state index contributed by atoms with van der Waals surface area (Å²) in [6, 6.07) is 12.2. The van der Waals surface area contributed by atoms with Crippen molar-refractivity contribution < 1.29 is 4.79 Å². The van der Waals surface area contributed by atoms with Crippen molar-refractivity contribution in [1.82, 2.24) is 19.7 Å². The predicted octanol–water partition coefficient (Wildman–Crippen LogP) is 3.48. The molecule has 0 unspecified atom stereocenters. The number of rotatable bonds is 3. The molecule has 0 spiro atoms. The van der Waals surface area contributed by atoms with E-state index in [0.717, 1.165) is 30.0 Å². The van der Waals surface area contributed by atoms with Gasteiger partial charge < -0.3 is 4.90 Å². The number of hydrogen-bond acceptors (Lipinski definition) is 4. The molecule has 1 fully saturated rings. The Bertz CT molecular complexity index is 813. The maximum Gasteiger partial charge on any atom is 0.273 e. The van der Waals surface area contributed by atoms with Gasteiger partial charge >= 0.3 is 0 Å². The Hall–Kier alpha value is -2.47. The van der Waals surface area contributed by atoms with Crippen LogP contribution in [0.15, 0.2) is 54.2 Å². The molecule has 122 valence electrons. The van der Waals surface area contributed by atoms with E-state index in [0.29, 0.717) is 12.2 Å². The Balaban J connectivity index is 1.50. The summed E-state index contributed by atoms with van der Waals surface area (Å²) in [5.41, 5.74) is 1.59. The third-order valence-electron chi connectivity index (χ3n) is 4.33. The molecule has 0 bridgehead atoms. The molecule has 0 N–H and O–H groups in total. The number of benzene rings is 1. The fraction of sp³-hybridized carbons (Fsp3) is 0.278. The van der Waals surface area contributed by atoms with Crippen molar-refractivity contribution in [1.29, 1.82) is 0 Å². The second kappa shape index (κ2) is 6.57. The van der Waals surface area contributed by atoms with Gasteiger partial charge in [-0.25, -0.2) is 4.98 Å². The van der Waals surface area contributed by atoms with Gasteiger partial charge in [-0.15, -0.1) is 11.3 Å². The minimum Gasteiger partial charge on any atom is -0.335 e. The largest absolute Gasteiger partial charge is 0.335 e. The fourth-order valence-electron chi connectivity index (χ4n) is 3.10. The van der Waals surface area contributed by atoms with Crippen molar-refractivity contribution in [3.8, 4) is 10.6 Å². The average molecular weight is 338 g/mol. The molecule has 0 aliphatic carbocycles. The molecule has 2 aromatic heterocycles. The highest BCUT2D eigenvalue weighted by Crippen LogP contribution is 2.26. The third-order valence-corrected chi connectivity index (χ3v) is 5.22. The molecule has 1 aliphatic rings. The predicted molar refractivity (Wildman–Crippen MR) is 94.0 cm³/mol. The molecule has 1 aliphatic heterocycles. The summed E-state index contributed by atoms with van der Waals surface area (Å²) in [7, 11) is 0. The van der Waals surface area contributed by atoms with E-state index in [4.69, 9.17) is 0 Å². The first-order chi connectivity index (χ1) is 11.8. The van der Waals surface area contributed by atoms with Gasteiger partial charge in [-0.2, -0.15) is 5.10 Å². The summed E-state index contributed by atoms with van der Waals surface area (Å²) in [4.78, 5) is 19.3. The number of likely N-dealkylation sites (tertiary alicyclic amines) is 1. The van der Waals surface area contributed by atoms with Gasteiger partial charge in [-0.3, -0.25) is 9.48 Å². The first kappa shape index (κ1) is 15.1. The maximum absolute atomic E-state index is 12.8. The van der Waals surface area contributed by atoms with Crippen molar-refractivity contribution >= 4 is 17.2 Å². The number of carbonyl (C=O) groups excluding carboxylic acids is 1. The Labute approximate surface area is 144 Å². The van der Waals surface area contributed by atoms with Crippen molar-refractivity contribution in [2.45, 2.75) is 18.9 Å². The van der Waals surface area contributed by atoms with Crippen molar-refractivity contribution in [2.75, 3.05) is 13.1 Å². The minimum atomic E-state index is 0.0188. The van der Waals surface area contributed by atoms with Crippen LogP contribution in [0.2, 0.25) is 0 Å². The van der Waals surface area contributed by atoms with Crippen LogP contribution in [0.4, 0.5) is 0 Å². The summed E-state index contributed by atoms with van der Waals surface area (Å²) in [6.07, 6.45) is 5.80. The number of carbonyl (C=O) groups is 1. The van der Waals surface area contributed by atoms with Crippen LogP contribution in [-0.4, -0.2) is 38.7 Å². The molecule has 3 heterocycles. The smallest absolute Gasteiger partial charge is 0.273 e. The van der Waals surface area contributed by atoms with Crippen molar-refractivity contribution in [3.63, 3.8) is 0 Å². The molecule has 1 aromatic carbocycles. The summed E-state index contributed by atoms with van der Waals surface area (Å²) in [5, 5.41) is 7.07. The summed E-state index contributed by atoms with van der Waals surface area (Å²) in [5.74, 6) is 0.0188. The second-order valence-corrected chi connectivity index (χ2v) is 6.80. The van der Waals surface area contributed by atoms with Gasteiger partial charge in [0.15, 0.2) is 0 Å². The van der Waals surface area contributed by atoms with Crippen molar-refractivity contribution in [3.05, 3.63) is 59.9 Å². The molecule has 1 atom stereocenters. The number of aromatic nitrogens is 3. The normalized spacial score (nSPS) is 17.8. The Morgan fingerprint density at radius 3 is 2.88 bits per heavy atom. The van der Waals surface area contributed by atoms with Gasteiger partial charge in [0.05, 0.1) is 6.04 Å². The lowest BCUT2D eigenvalue weighted by Gasteiger charge is -2.32. The number of hydrogen-bond donors (Lipinski definition) is 0. The Kier molecular flexibility index (Phi) is 4.13. The van der Waals surface area contributed by atoms with E-state index in [2.05, 4.69) is 10.1 Å². The highest BCUT2D eigenvalue weighted by Gasteiger charge is 2.27. The van der Waals surface area contributed by atoms with Crippen LogP contribution < -0.4 is 0 Å². The minimum absolute atomic E-state index is 0.0188. The van der Waals surface area contributed by atoms with Crippen LogP contribution in [0.5, 0.6) is 0 Å². The molecule has 24 heavy (non-hydrogen) atoms. The van der Waals surface area contributed by atoms with Crippen molar-refractivity contribution in [2.24, 2.45) is 0 Å².